The van der Waals surface area contributed by atoms with Crippen molar-refractivity contribution in [2.24, 2.45) is 0 Å². The summed E-state index contributed by atoms with van der Waals surface area (Å²) in [5.74, 6) is 0. The van der Waals surface area contributed by atoms with Gasteiger partial charge in [0.1, 0.15) is 0 Å². The second-order valence-electron chi connectivity index (χ2n) is 7.05. The lowest BCUT2D eigenvalue weighted by Gasteiger charge is -2.04. The van der Waals surface area contributed by atoms with Gasteiger partial charge in [-0.2, -0.15) is 0 Å². The molecule has 0 bridgehead atoms. The van der Waals surface area contributed by atoms with Crippen molar-refractivity contribution in [1.82, 2.24) is 0 Å². The van der Waals surface area contributed by atoms with Crippen LogP contribution in [0.2, 0.25) is 6.04 Å². The van der Waals surface area contributed by atoms with E-state index in [-0.39, 0.29) is 0 Å². The van der Waals surface area contributed by atoms with Crippen LogP contribution >= 0.6 is 0 Å². The zero-order valence-electron chi connectivity index (χ0n) is 16.3. The van der Waals surface area contributed by atoms with Crippen molar-refractivity contribution < 1.29 is 4.43 Å². The van der Waals surface area contributed by atoms with Crippen LogP contribution in [0, 0.1) is 0 Å². The maximum Gasteiger partial charge on any atom is 0.229 e. The van der Waals surface area contributed by atoms with Crippen LogP contribution < -0.4 is 0 Å². The molecule has 0 rings (SSSR count). The van der Waals surface area contributed by atoms with Gasteiger partial charge < -0.3 is 4.43 Å². The van der Waals surface area contributed by atoms with Gasteiger partial charge in [-0.3, -0.25) is 0 Å². The van der Waals surface area contributed by atoms with Crippen LogP contribution in [0.15, 0.2) is 0 Å². The van der Waals surface area contributed by atoms with Crippen molar-refractivity contribution in [1.29, 1.82) is 0 Å². The number of rotatable bonds is 20. The molecule has 0 aliphatic heterocycles. The molecule has 0 atom stereocenters. The second kappa shape index (κ2) is 22.2. The molecular weight excluding hydrogens is 296 g/mol. The summed E-state index contributed by atoms with van der Waals surface area (Å²) < 4.78 is 5.72. The first-order valence-electron chi connectivity index (χ1n) is 10.8. The van der Waals surface area contributed by atoms with Crippen molar-refractivity contribution in [2.45, 2.75) is 129 Å². The highest BCUT2D eigenvalue weighted by Gasteiger charge is 1.95. The normalized spacial score (nSPS) is 11.2. The molecular formula is C21H44OSi. The van der Waals surface area contributed by atoms with Gasteiger partial charge in [-0.05, 0) is 12.5 Å². The first-order valence-corrected chi connectivity index (χ1v) is 11.9. The van der Waals surface area contributed by atoms with E-state index in [0.29, 0.717) is 0 Å². The third kappa shape index (κ3) is 22.2. The van der Waals surface area contributed by atoms with E-state index < -0.39 is 0 Å². The SMILES string of the molecule is CCCCCCCCCCCCCCCCO[Si]CCCCC. The van der Waals surface area contributed by atoms with Crippen molar-refractivity contribution >= 4 is 9.76 Å². The smallest absolute Gasteiger partial charge is 0.229 e. The second-order valence-corrected chi connectivity index (χ2v) is 8.12. The summed E-state index contributed by atoms with van der Waals surface area (Å²) in [4.78, 5) is 0. The Morgan fingerprint density at radius 1 is 0.478 bits per heavy atom. The van der Waals surface area contributed by atoms with E-state index >= 15 is 0 Å². The molecule has 0 aromatic carbocycles. The van der Waals surface area contributed by atoms with Crippen LogP contribution in [0.1, 0.15) is 123 Å². The zero-order chi connectivity index (χ0) is 16.8. The van der Waals surface area contributed by atoms with E-state index in [1.807, 2.05) is 0 Å². The standard InChI is InChI=1S/C21H44OSi/c1-3-5-7-8-9-10-11-12-13-14-15-16-17-18-20-22-23-21-19-6-4-2/h3-21H2,1-2H3. The number of hydrogen-bond acceptors (Lipinski definition) is 1. The summed E-state index contributed by atoms with van der Waals surface area (Å²) in [6.07, 6.45) is 24.1. The third-order valence-corrected chi connectivity index (χ3v) is 5.55. The maximum atomic E-state index is 5.72. The van der Waals surface area contributed by atoms with E-state index in [1.54, 1.807) is 0 Å². The van der Waals surface area contributed by atoms with Crippen molar-refractivity contribution in [3.63, 3.8) is 0 Å². The molecule has 0 amide bonds. The van der Waals surface area contributed by atoms with Crippen LogP contribution in [-0.4, -0.2) is 16.4 Å². The van der Waals surface area contributed by atoms with Crippen molar-refractivity contribution in [3.05, 3.63) is 0 Å². The van der Waals surface area contributed by atoms with Gasteiger partial charge in [0.2, 0.25) is 9.76 Å². The molecule has 0 fully saturated rings. The average molecular weight is 341 g/mol. The lowest BCUT2D eigenvalue weighted by Crippen LogP contribution is -2.00. The van der Waals surface area contributed by atoms with Gasteiger partial charge in [-0.15, -0.1) is 0 Å². The summed E-state index contributed by atoms with van der Waals surface area (Å²) in [5, 5.41) is 0. The third-order valence-electron chi connectivity index (χ3n) is 4.58. The van der Waals surface area contributed by atoms with Crippen molar-refractivity contribution in [2.75, 3.05) is 6.61 Å². The molecule has 0 saturated carbocycles. The summed E-state index contributed by atoms with van der Waals surface area (Å²) in [6.45, 7) is 5.56. The highest BCUT2D eigenvalue weighted by molar-refractivity contribution is 6.26. The first kappa shape index (κ1) is 23.2. The van der Waals surface area contributed by atoms with Crippen LogP contribution in [-0.2, 0) is 4.43 Å². The lowest BCUT2D eigenvalue weighted by atomic mass is 10.0. The maximum absolute atomic E-state index is 5.72. The Morgan fingerprint density at radius 3 is 1.35 bits per heavy atom. The Kier molecular flexibility index (Phi) is 22.3. The fraction of sp³-hybridized carbons (Fsp3) is 1.00. The molecule has 0 heterocycles. The summed E-state index contributed by atoms with van der Waals surface area (Å²) in [6, 6.07) is 1.28. The Balaban J connectivity index is 2.92. The molecule has 0 aromatic heterocycles. The van der Waals surface area contributed by atoms with Gasteiger partial charge in [0, 0.05) is 6.61 Å². The molecule has 2 heteroatoms. The Labute approximate surface area is 150 Å². The topological polar surface area (TPSA) is 9.23 Å². The molecule has 0 aliphatic rings. The fourth-order valence-corrected chi connectivity index (χ4v) is 3.79. The minimum absolute atomic E-state index is 0.753. The van der Waals surface area contributed by atoms with Gasteiger partial charge in [-0.25, -0.2) is 0 Å². The van der Waals surface area contributed by atoms with E-state index in [0.717, 1.165) is 16.4 Å². The van der Waals surface area contributed by atoms with Crippen LogP contribution in [0.5, 0.6) is 0 Å². The molecule has 0 saturated heterocycles. The van der Waals surface area contributed by atoms with Gasteiger partial charge in [0.05, 0.1) is 0 Å². The molecule has 138 valence electrons. The van der Waals surface area contributed by atoms with E-state index in [1.165, 1.54) is 115 Å². The highest BCUT2D eigenvalue weighted by atomic mass is 28.2. The Bertz CT molecular complexity index is 176. The van der Waals surface area contributed by atoms with Crippen molar-refractivity contribution in [3.8, 4) is 0 Å². The van der Waals surface area contributed by atoms with E-state index in [9.17, 15) is 0 Å². The van der Waals surface area contributed by atoms with Crippen LogP contribution in [0.4, 0.5) is 0 Å². The molecule has 0 unspecified atom stereocenters. The molecule has 0 aromatic rings. The molecule has 0 spiro atoms. The van der Waals surface area contributed by atoms with Crippen LogP contribution in [0.25, 0.3) is 0 Å². The molecule has 0 N–H and O–H groups in total. The minimum atomic E-state index is 0.753. The first-order chi connectivity index (χ1) is 11.4. The van der Waals surface area contributed by atoms with Gasteiger partial charge in [0.15, 0.2) is 0 Å². The summed E-state index contributed by atoms with van der Waals surface area (Å²) >= 11 is 0. The number of unbranched alkanes of at least 4 members (excludes halogenated alkanes) is 15. The molecule has 0 aliphatic carbocycles. The average Bonchev–Trinajstić information content (AvgIpc) is 2.57. The Morgan fingerprint density at radius 2 is 0.870 bits per heavy atom. The monoisotopic (exact) mass is 340 g/mol. The summed E-state index contributed by atoms with van der Waals surface area (Å²) in [5.41, 5.74) is 0. The van der Waals surface area contributed by atoms with E-state index in [2.05, 4.69) is 13.8 Å². The predicted octanol–water partition coefficient (Wildman–Crippen LogP) is 7.71. The molecule has 23 heavy (non-hydrogen) atoms. The quantitative estimate of drug-likeness (QED) is 0.163. The minimum Gasteiger partial charge on any atom is -0.417 e. The predicted molar refractivity (Wildman–Crippen MR) is 106 cm³/mol. The van der Waals surface area contributed by atoms with Gasteiger partial charge >= 0.3 is 0 Å². The largest absolute Gasteiger partial charge is 0.417 e. The van der Waals surface area contributed by atoms with Gasteiger partial charge in [0.25, 0.3) is 0 Å². The number of hydrogen-bond donors (Lipinski definition) is 0. The fourth-order valence-electron chi connectivity index (χ4n) is 2.96. The lowest BCUT2D eigenvalue weighted by molar-refractivity contribution is 0.319. The highest BCUT2D eigenvalue weighted by Crippen LogP contribution is 2.12. The van der Waals surface area contributed by atoms with Crippen LogP contribution in [0.3, 0.4) is 0 Å². The summed E-state index contributed by atoms with van der Waals surface area (Å²) in [7, 11) is 0.753. The zero-order valence-corrected chi connectivity index (χ0v) is 17.3. The molecule has 2 radical (unpaired) electrons. The van der Waals surface area contributed by atoms with Gasteiger partial charge in [-0.1, -0.05) is 117 Å². The Hall–Kier alpha value is 0.177. The van der Waals surface area contributed by atoms with E-state index in [4.69, 9.17) is 4.43 Å². The molecule has 1 nitrogen and oxygen atoms in total.